The minimum absolute atomic E-state index is 0.341. The maximum absolute atomic E-state index is 14.0. The predicted molar refractivity (Wildman–Crippen MR) is 185 cm³/mol. The smallest absolute Gasteiger partial charge is 0.340 e. The number of cyclic esters (lactones) is 1. The van der Waals surface area contributed by atoms with Crippen LogP contribution < -0.4 is 19.4 Å². The second kappa shape index (κ2) is 12.2. The van der Waals surface area contributed by atoms with E-state index in [1.807, 2.05) is 64.6 Å². The molecular weight excluding hydrogens is 558 g/mol. The van der Waals surface area contributed by atoms with Gasteiger partial charge in [-0.25, -0.2) is 4.79 Å². The molecule has 6 nitrogen and oxygen atoms in total. The van der Waals surface area contributed by atoms with Crippen molar-refractivity contribution in [3.05, 3.63) is 137 Å². The number of esters is 1. The number of carbonyl (C=O) groups is 1. The van der Waals surface area contributed by atoms with Crippen molar-refractivity contribution >= 4 is 28.6 Å². The molecule has 0 amide bonds. The highest BCUT2D eigenvalue weighted by molar-refractivity contribution is 5.99. The Hall–Kier alpha value is -4.97. The summed E-state index contributed by atoms with van der Waals surface area (Å²) in [5.74, 6) is 0.386. The Morgan fingerprint density at radius 3 is 1.87 bits per heavy atom. The van der Waals surface area contributed by atoms with E-state index in [1.54, 1.807) is 7.11 Å². The molecule has 1 saturated heterocycles. The number of fused-ring (bicyclic) bond motifs is 1. The minimum atomic E-state index is -1.24. The Morgan fingerprint density at radius 1 is 0.822 bits per heavy atom. The van der Waals surface area contributed by atoms with Gasteiger partial charge in [-0.05, 0) is 78.1 Å². The van der Waals surface area contributed by atoms with E-state index in [9.17, 15) is 4.79 Å². The van der Waals surface area contributed by atoms with Crippen LogP contribution in [-0.2, 0) is 10.3 Å². The van der Waals surface area contributed by atoms with Crippen molar-refractivity contribution in [2.75, 3.05) is 63.1 Å². The Balaban J connectivity index is 1.66. The van der Waals surface area contributed by atoms with E-state index in [2.05, 4.69) is 81.9 Å². The van der Waals surface area contributed by atoms with E-state index in [0.29, 0.717) is 5.56 Å². The summed E-state index contributed by atoms with van der Waals surface area (Å²) in [7, 11) is 9.78. The van der Waals surface area contributed by atoms with E-state index in [1.165, 1.54) is 0 Å². The fourth-order valence-electron chi connectivity index (χ4n) is 6.58. The number of nitrogens with zero attached hydrogens (tertiary/aromatic N) is 3. The first kappa shape index (κ1) is 30.1. The van der Waals surface area contributed by atoms with Gasteiger partial charge in [0.15, 0.2) is 5.60 Å². The predicted octanol–water partition coefficient (Wildman–Crippen LogP) is 7.53. The molecule has 45 heavy (non-hydrogen) atoms. The van der Waals surface area contributed by atoms with Crippen LogP contribution in [0, 0.1) is 0 Å². The van der Waals surface area contributed by atoms with Crippen LogP contribution in [-0.4, -0.2) is 54.4 Å². The number of hydrogen-bond acceptors (Lipinski definition) is 6. The zero-order valence-electron chi connectivity index (χ0n) is 26.8. The van der Waals surface area contributed by atoms with Gasteiger partial charge in [0.2, 0.25) is 0 Å². The molecule has 0 aliphatic carbocycles. The lowest BCUT2D eigenvalue weighted by Gasteiger charge is -2.34. The van der Waals surface area contributed by atoms with Crippen molar-refractivity contribution < 1.29 is 14.3 Å². The number of hydrogen-bond donors (Lipinski definition) is 0. The van der Waals surface area contributed by atoms with Gasteiger partial charge in [-0.2, -0.15) is 0 Å². The van der Waals surface area contributed by atoms with Gasteiger partial charge in [0, 0.05) is 75.0 Å². The van der Waals surface area contributed by atoms with Gasteiger partial charge in [-0.1, -0.05) is 55.1 Å². The zero-order chi connectivity index (χ0) is 31.7. The molecule has 1 unspecified atom stereocenters. The number of ether oxygens (including phenoxy) is 2. The highest BCUT2D eigenvalue weighted by atomic mass is 16.6. The summed E-state index contributed by atoms with van der Waals surface area (Å²) in [4.78, 5) is 20.5. The molecule has 230 valence electrons. The largest absolute Gasteiger partial charge is 0.497 e. The van der Waals surface area contributed by atoms with Gasteiger partial charge in [-0.15, -0.1) is 0 Å². The Kier molecular flexibility index (Phi) is 8.15. The summed E-state index contributed by atoms with van der Waals surface area (Å²) in [6.45, 7) is 6.34. The van der Waals surface area contributed by atoms with E-state index in [-0.39, 0.29) is 5.97 Å². The Morgan fingerprint density at radius 2 is 1.38 bits per heavy atom. The SMILES string of the molecule is C=CC(=C(c1ccc(N(C)C)cc1)c1ccc(N(C)C)cc1)C1(c2ccc(OC)cc2)OC(=O)c2cc(N3CCCC3)ccc21. The van der Waals surface area contributed by atoms with E-state index < -0.39 is 5.60 Å². The van der Waals surface area contributed by atoms with Crippen LogP contribution in [0.5, 0.6) is 5.75 Å². The van der Waals surface area contributed by atoms with Crippen LogP contribution >= 0.6 is 0 Å². The van der Waals surface area contributed by atoms with Crippen LogP contribution in [0.3, 0.4) is 0 Å². The molecule has 2 aliphatic heterocycles. The average Bonchev–Trinajstić information content (AvgIpc) is 3.71. The Bertz CT molecular complexity index is 1680. The fraction of sp³-hybridized carbons (Fsp3) is 0.256. The molecule has 6 rings (SSSR count). The van der Waals surface area contributed by atoms with Crippen molar-refractivity contribution in [3.63, 3.8) is 0 Å². The Labute approximate surface area is 266 Å². The van der Waals surface area contributed by atoms with Crippen molar-refractivity contribution in [3.8, 4) is 5.75 Å². The molecule has 2 heterocycles. The topological polar surface area (TPSA) is 45.3 Å². The lowest BCUT2D eigenvalue weighted by molar-refractivity contribution is 0.0251. The normalized spacial score (nSPS) is 17.0. The maximum Gasteiger partial charge on any atom is 0.340 e. The highest BCUT2D eigenvalue weighted by Crippen LogP contribution is 2.52. The molecule has 0 spiro atoms. The summed E-state index contributed by atoms with van der Waals surface area (Å²) in [5, 5.41) is 0. The number of benzene rings is 4. The molecule has 6 heteroatoms. The van der Waals surface area contributed by atoms with Gasteiger partial charge in [-0.3, -0.25) is 0 Å². The number of rotatable bonds is 9. The molecule has 2 aliphatic rings. The fourth-order valence-corrected chi connectivity index (χ4v) is 6.58. The molecule has 0 saturated carbocycles. The van der Waals surface area contributed by atoms with Crippen LogP contribution in [0.4, 0.5) is 17.1 Å². The van der Waals surface area contributed by atoms with Gasteiger partial charge in [0.25, 0.3) is 0 Å². The molecule has 0 bridgehead atoms. The van der Waals surface area contributed by atoms with Gasteiger partial charge >= 0.3 is 5.97 Å². The van der Waals surface area contributed by atoms with Crippen molar-refractivity contribution in [1.29, 1.82) is 0 Å². The highest BCUT2D eigenvalue weighted by Gasteiger charge is 2.50. The van der Waals surface area contributed by atoms with Crippen LogP contribution in [0.1, 0.15) is 45.5 Å². The summed E-state index contributed by atoms with van der Waals surface area (Å²) in [6.07, 6.45) is 4.17. The molecule has 4 aromatic rings. The van der Waals surface area contributed by atoms with E-state index in [0.717, 1.165) is 82.1 Å². The first-order chi connectivity index (χ1) is 21.8. The average molecular weight is 600 g/mol. The van der Waals surface area contributed by atoms with Crippen LogP contribution in [0.15, 0.2) is 109 Å². The molecule has 0 N–H and O–H groups in total. The van der Waals surface area contributed by atoms with Crippen LogP contribution in [0.25, 0.3) is 5.57 Å². The molecule has 0 radical (unpaired) electrons. The quantitative estimate of drug-likeness (QED) is 0.146. The number of carbonyl (C=O) groups excluding carboxylic acids is 1. The van der Waals surface area contributed by atoms with Crippen molar-refractivity contribution in [1.82, 2.24) is 0 Å². The second-order valence-electron chi connectivity index (χ2n) is 12.1. The van der Waals surface area contributed by atoms with Crippen molar-refractivity contribution in [2.45, 2.75) is 18.4 Å². The first-order valence-electron chi connectivity index (χ1n) is 15.5. The molecular formula is C39H41N3O3. The third kappa shape index (κ3) is 5.35. The maximum atomic E-state index is 14.0. The minimum Gasteiger partial charge on any atom is -0.497 e. The van der Waals surface area contributed by atoms with Gasteiger partial charge < -0.3 is 24.2 Å². The summed E-state index contributed by atoms with van der Waals surface area (Å²) < 4.78 is 12.2. The molecule has 4 aromatic carbocycles. The standard InChI is InChI=1S/C39H41N3O3/c1-7-35(37(27-10-16-30(17-11-27)40(2)3)28-12-18-31(19-13-28)41(4)5)39(29-14-21-33(44-6)22-15-29)36-23-20-32(42-24-8-9-25-42)26-34(36)38(43)45-39/h7,10-23,26H,1,8-9,24-25H2,2-6H3. The van der Waals surface area contributed by atoms with Gasteiger partial charge in [0.1, 0.15) is 5.75 Å². The number of methoxy groups -OCH3 is 1. The molecule has 1 fully saturated rings. The second-order valence-corrected chi connectivity index (χ2v) is 12.1. The monoisotopic (exact) mass is 599 g/mol. The third-order valence-corrected chi connectivity index (χ3v) is 9.01. The van der Waals surface area contributed by atoms with E-state index in [4.69, 9.17) is 9.47 Å². The summed E-state index contributed by atoms with van der Waals surface area (Å²) in [5.41, 5.74) is 7.96. The van der Waals surface area contributed by atoms with Crippen LogP contribution in [0.2, 0.25) is 0 Å². The van der Waals surface area contributed by atoms with E-state index >= 15 is 0 Å². The zero-order valence-corrected chi connectivity index (χ0v) is 26.8. The first-order valence-corrected chi connectivity index (χ1v) is 15.5. The lowest BCUT2D eigenvalue weighted by Crippen LogP contribution is -2.31. The van der Waals surface area contributed by atoms with Crippen molar-refractivity contribution in [2.24, 2.45) is 0 Å². The third-order valence-electron chi connectivity index (χ3n) is 9.01. The van der Waals surface area contributed by atoms with Gasteiger partial charge in [0.05, 0.1) is 12.7 Å². The summed E-state index contributed by atoms with van der Waals surface area (Å²) in [6, 6.07) is 31.0. The molecule has 1 atom stereocenters. The summed E-state index contributed by atoms with van der Waals surface area (Å²) >= 11 is 0. The number of anilines is 3. The lowest BCUT2D eigenvalue weighted by atomic mass is 9.75. The molecule has 0 aromatic heterocycles.